The Morgan fingerprint density at radius 3 is 2.36 bits per heavy atom. The Morgan fingerprint density at radius 2 is 1.88 bits per heavy atom. The van der Waals surface area contributed by atoms with Gasteiger partial charge in [0, 0.05) is 4.43 Å². The van der Waals surface area contributed by atoms with E-state index in [1.165, 1.54) is 13.8 Å². The van der Waals surface area contributed by atoms with Crippen molar-refractivity contribution < 1.29 is 42.1 Å². The van der Waals surface area contributed by atoms with E-state index >= 15 is 0 Å². The van der Waals surface area contributed by atoms with Gasteiger partial charge in [-0.05, 0) is 13.8 Å². The smallest absolute Gasteiger partial charge is 0.379 e. The number of halogens is 1. The summed E-state index contributed by atoms with van der Waals surface area (Å²) >= 11 is 1.75. The zero-order chi connectivity index (χ0) is 19.2. The van der Waals surface area contributed by atoms with Gasteiger partial charge in [0.25, 0.3) is 0 Å². The lowest BCUT2D eigenvalue weighted by Gasteiger charge is -2.35. The van der Waals surface area contributed by atoms with Gasteiger partial charge in [-0.2, -0.15) is 0 Å². The first kappa shape index (κ1) is 19.9. The molecule has 140 valence electrons. The minimum atomic E-state index is -3.78. The lowest BCUT2D eigenvalue weighted by molar-refractivity contribution is -0.265. The molecule has 25 heavy (non-hydrogen) atoms. The van der Waals surface area contributed by atoms with Gasteiger partial charge in [-0.25, -0.2) is 27.8 Å². The molecule has 1 unspecified atom stereocenters. The number of sulfone groups is 1. The first-order valence-electron chi connectivity index (χ1n) is 7.11. The molecule has 2 saturated heterocycles. The van der Waals surface area contributed by atoms with Crippen LogP contribution in [0.5, 0.6) is 0 Å². The van der Waals surface area contributed by atoms with Gasteiger partial charge in [-0.1, -0.05) is 22.6 Å². The summed E-state index contributed by atoms with van der Waals surface area (Å²) in [6.45, 7) is 2.59. The molecule has 10 nitrogen and oxygen atoms in total. The van der Waals surface area contributed by atoms with Gasteiger partial charge in [0.2, 0.25) is 5.91 Å². The normalized spacial score (nSPS) is 26.9. The summed E-state index contributed by atoms with van der Waals surface area (Å²) in [4.78, 5) is 56.9. The van der Waals surface area contributed by atoms with Crippen molar-refractivity contribution in [3.63, 3.8) is 0 Å². The lowest BCUT2D eigenvalue weighted by atomic mass is 9.98. The van der Waals surface area contributed by atoms with E-state index in [2.05, 4.69) is 14.5 Å². The highest BCUT2D eigenvalue weighted by Crippen LogP contribution is 2.46. The molecule has 2 rings (SSSR count). The molecule has 0 radical (unpaired) electrons. The molecule has 0 bridgehead atoms. The Morgan fingerprint density at radius 1 is 1.28 bits per heavy atom. The topological polar surface area (TPSA) is 133 Å². The number of rotatable bonds is 4. The number of amides is 1. The number of nitrogens with zero attached hydrogens (tertiary/aromatic N) is 1. The number of esters is 1. The second-order valence-corrected chi connectivity index (χ2v) is 9.61. The van der Waals surface area contributed by atoms with E-state index in [0.29, 0.717) is 0 Å². The SMILES string of the molecule is COC(=O)C(CI)C(=O)OOC(=O)[C@@H]1N2C(=O)C[C@H]2S(=O)(=O)C1(C)C. The van der Waals surface area contributed by atoms with Crippen molar-refractivity contribution in [1.82, 2.24) is 4.90 Å². The maximum Gasteiger partial charge on any atom is 0.379 e. The summed E-state index contributed by atoms with van der Waals surface area (Å²) in [5, 5.41) is -1.08. The quantitative estimate of drug-likeness (QED) is 0.0961. The van der Waals surface area contributed by atoms with Crippen LogP contribution < -0.4 is 0 Å². The van der Waals surface area contributed by atoms with Crippen LogP contribution in [0.3, 0.4) is 0 Å². The molecule has 3 atom stereocenters. The third-order valence-corrected chi connectivity index (χ3v) is 8.01. The van der Waals surface area contributed by atoms with E-state index in [9.17, 15) is 27.6 Å². The molecule has 2 fully saturated rings. The van der Waals surface area contributed by atoms with Crippen LogP contribution in [0.15, 0.2) is 0 Å². The van der Waals surface area contributed by atoms with E-state index < -0.39 is 55.7 Å². The van der Waals surface area contributed by atoms with Gasteiger partial charge >= 0.3 is 17.9 Å². The number of carbonyl (C=O) groups is 4. The molecule has 0 aromatic carbocycles. The summed E-state index contributed by atoms with van der Waals surface area (Å²) in [5.74, 6) is -5.02. The molecule has 2 aliphatic heterocycles. The number of β-lactam (4-membered cyclic amide) rings is 1. The van der Waals surface area contributed by atoms with Crippen LogP contribution in [0.4, 0.5) is 0 Å². The number of hydrogen-bond donors (Lipinski definition) is 0. The predicted molar refractivity (Wildman–Crippen MR) is 88.6 cm³/mol. The average molecular weight is 489 g/mol. The van der Waals surface area contributed by atoms with E-state index in [0.717, 1.165) is 12.0 Å². The van der Waals surface area contributed by atoms with E-state index in [1.807, 2.05) is 0 Å². The molecule has 2 heterocycles. The van der Waals surface area contributed by atoms with Crippen molar-refractivity contribution >= 4 is 56.2 Å². The average Bonchev–Trinajstić information content (AvgIpc) is 2.66. The van der Waals surface area contributed by atoms with Gasteiger partial charge in [-0.15, -0.1) is 0 Å². The highest BCUT2D eigenvalue weighted by Gasteiger charge is 2.68. The lowest BCUT2D eigenvalue weighted by Crippen LogP contribution is -2.57. The number of ether oxygens (including phenoxy) is 1. The fraction of sp³-hybridized carbons (Fsp3) is 0.692. The predicted octanol–water partition coefficient (Wildman–Crippen LogP) is -0.654. The van der Waals surface area contributed by atoms with Crippen molar-refractivity contribution in [3.05, 3.63) is 0 Å². The highest BCUT2D eigenvalue weighted by molar-refractivity contribution is 14.1. The summed E-state index contributed by atoms with van der Waals surface area (Å²) in [5.41, 5.74) is 0. The van der Waals surface area contributed by atoms with Crippen LogP contribution in [-0.2, 0) is 43.5 Å². The summed E-state index contributed by atoms with van der Waals surface area (Å²) in [6.07, 6.45) is -0.200. The van der Waals surface area contributed by atoms with Crippen molar-refractivity contribution in [2.75, 3.05) is 11.5 Å². The second kappa shape index (κ2) is 6.70. The number of methoxy groups -OCH3 is 1. The third kappa shape index (κ3) is 2.98. The molecule has 0 aliphatic carbocycles. The molecule has 2 aliphatic rings. The monoisotopic (exact) mass is 489 g/mol. The van der Waals surface area contributed by atoms with Gasteiger partial charge in [-0.3, -0.25) is 9.59 Å². The Bertz CT molecular complexity index is 732. The molecule has 0 saturated carbocycles. The number of alkyl halides is 1. The molecule has 0 N–H and O–H groups in total. The molecule has 12 heteroatoms. The Balaban J connectivity index is 2.12. The van der Waals surface area contributed by atoms with Crippen molar-refractivity contribution in [3.8, 4) is 0 Å². The highest BCUT2D eigenvalue weighted by atomic mass is 127. The maximum atomic E-state index is 12.4. The standard InChI is InChI=1S/C13H16INO9S/c1-13(2)9(15-7(16)4-8(15)25(13,20)21)12(19)24-23-11(18)6(5-14)10(17)22-3/h6,8-9H,4-5H2,1-3H3/t6?,8-,9+/m1/s1. The first-order chi connectivity index (χ1) is 11.5. The van der Waals surface area contributed by atoms with E-state index in [-0.39, 0.29) is 10.8 Å². The van der Waals surface area contributed by atoms with Crippen LogP contribution in [0.2, 0.25) is 0 Å². The second-order valence-electron chi connectivity index (χ2n) is 6.05. The zero-order valence-electron chi connectivity index (χ0n) is 13.6. The van der Waals surface area contributed by atoms with Crippen molar-refractivity contribution in [1.29, 1.82) is 0 Å². The van der Waals surface area contributed by atoms with E-state index in [1.54, 1.807) is 22.6 Å². The zero-order valence-corrected chi connectivity index (χ0v) is 16.5. The molecule has 1 amide bonds. The Labute approximate surface area is 157 Å². The van der Waals surface area contributed by atoms with Crippen LogP contribution in [-0.4, -0.2) is 64.8 Å². The fourth-order valence-electron chi connectivity index (χ4n) is 2.76. The summed E-state index contributed by atoms with van der Waals surface area (Å²) in [6, 6.07) is -1.44. The minimum absolute atomic E-state index is 0.0246. The van der Waals surface area contributed by atoms with Gasteiger partial charge in [0.05, 0.1) is 13.5 Å². The van der Waals surface area contributed by atoms with Crippen molar-refractivity contribution in [2.45, 2.75) is 36.4 Å². The van der Waals surface area contributed by atoms with Gasteiger partial charge in [0.15, 0.2) is 21.8 Å². The summed E-state index contributed by atoms with van der Waals surface area (Å²) in [7, 11) is -2.70. The van der Waals surface area contributed by atoms with Gasteiger partial charge in [0.1, 0.15) is 10.1 Å². The van der Waals surface area contributed by atoms with Gasteiger partial charge < -0.3 is 9.64 Å². The summed E-state index contributed by atoms with van der Waals surface area (Å²) < 4.78 is 27.6. The maximum absolute atomic E-state index is 12.4. The third-order valence-electron chi connectivity index (χ3n) is 4.33. The minimum Gasteiger partial charge on any atom is -0.468 e. The first-order valence-corrected chi connectivity index (χ1v) is 10.2. The van der Waals surface area contributed by atoms with Crippen LogP contribution in [0.25, 0.3) is 0 Å². The number of carbonyl (C=O) groups excluding carboxylic acids is 4. The molecule has 0 aromatic rings. The Kier molecular flexibility index (Phi) is 5.33. The number of hydrogen-bond acceptors (Lipinski definition) is 9. The fourth-order valence-corrected chi connectivity index (χ4v) is 5.60. The number of fused-ring (bicyclic) bond motifs is 1. The largest absolute Gasteiger partial charge is 0.468 e. The Hall–Kier alpha value is -1.44. The van der Waals surface area contributed by atoms with Crippen LogP contribution >= 0.6 is 22.6 Å². The van der Waals surface area contributed by atoms with Crippen LogP contribution in [0.1, 0.15) is 20.3 Å². The van der Waals surface area contributed by atoms with Crippen molar-refractivity contribution in [2.24, 2.45) is 5.92 Å². The molecular formula is C13H16INO9S. The molecular weight excluding hydrogens is 473 g/mol. The van der Waals surface area contributed by atoms with E-state index in [4.69, 9.17) is 0 Å². The molecule has 0 aromatic heterocycles. The van der Waals surface area contributed by atoms with Crippen LogP contribution in [0, 0.1) is 5.92 Å². The molecule has 0 spiro atoms.